The molecule has 1 amide bonds. The molecule has 0 aromatic carbocycles. The normalized spacial score (nSPS) is 12.0. The molecule has 0 aliphatic carbocycles. The summed E-state index contributed by atoms with van der Waals surface area (Å²) in [6.45, 7) is 8.10. The molecule has 0 unspecified atom stereocenters. The van der Waals surface area contributed by atoms with E-state index in [2.05, 4.69) is 31.1 Å². The predicted octanol–water partition coefficient (Wildman–Crippen LogP) is 2.96. The van der Waals surface area contributed by atoms with Crippen LogP contribution in [0, 0.1) is 0 Å². The van der Waals surface area contributed by atoms with Crippen molar-refractivity contribution in [2.75, 3.05) is 5.32 Å². The first kappa shape index (κ1) is 11.9. The number of thiazole rings is 1. The Bertz CT molecular complexity index is 374. The van der Waals surface area contributed by atoms with Gasteiger partial charge in [-0.1, -0.05) is 26.8 Å². The highest BCUT2D eigenvalue weighted by atomic mass is 32.1. The van der Waals surface area contributed by atoms with Gasteiger partial charge in [-0.15, -0.1) is 11.3 Å². The van der Waals surface area contributed by atoms with Crippen molar-refractivity contribution < 1.29 is 4.79 Å². The van der Waals surface area contributed by atoms with Gasteiger partial charge in [-0.25, -0.2) is 4.98 Å². The third kappa shape index (κ3) is 3.47. The number of aromatic nitrogens is 1. The molecule has 0 atom stereocenters. The second kappa shape index (κ2) is 4.57. The van der Waals surface area contributed by atoms with Gasteiger partial charge >= 0.3 is 0 Å². The molecular formula is C11H16N2OS. The molecule has 0 spiro atoms. The summed E-state index contributed by atoms with van der Waals surface area (Å²) in [7, 11) is 0. The third-order valence-electron chi connectivity index (χ3n) is 1.82. The van der Waals surface area contributed by atoms with E-state index in [1.165, 1.54) is 17.4 Å². The quantitative estimate of drug-likeness (QED) is 0.785. The van der Waals surface area contributed by atoms with Crippen LogP contribution >= 0.6 is 11.3 Å². The van der Waals surface area contributed by atoms with E-state index in [0.717, 1.165) is 5.69 Å². The van der Waals surface area contributed by atoms with Crippen LogP contribution < -0.4 is 5.32 Å². The van der Waals surface area contributed by atoms with Crippen LogP contribution in [-0.4, -0.2) is 10.9 Å². The average Bonchev–Trinajstić information content (AvgIpc) is 2.52. The maximum atomic E-state index is 11.2. The molecule has 82 valence electrons. The van der Waals surface area contributed by atoms with Crippen LogP contribution in [0.2, 0.25) is 0 Å². The summed E-state index contributed by atoms with van der Waals surface area (Å²) in [5.74, 6) is -0.132. The van der Waals surface area contributed by atoms with Crippen molar-refractivity contribution in [1.82, 2.24) is 4.98 Å². The minimum atomic E-state index is -0.132. The fraction of sp³-hybridized carbons (Fsp3) is 0.455. The topological polar surface area (TPSA) is 42.0 Å². The maximum Gasteiger partial charge on any atom is 0.249 e. The molecule has 1 rings (SSSR count). The van der Waals surface area contributed by atoms with Gasteiger partial charge in [0.15, 0.2) is 5.13 Å². The summed E-state index contributed by atoms with van der Waals surface area (Å²) < 4.78 is 0. The van der Waals surface area contributed by atoms with E-state index in [1.54, 1.807) is 6.08 Å². The van der Waals surface area contributed by atoms with E-state index in [0.29, 0.717) is 5.13 Å². The SMILES string of the molecule is C/C=C/C(=O)Nc1nc(C(C)(C)C)cs1. The van der Waals surface area contributed by atoms with E-state index < -0.39 is 0 Å². The molecule has 0 fully saturated rings. The van der Waals surface area contributed by atoms with Crippen LogP contribution in [0.3, 0.4) is 0 Å². The Kier molecular flexibility index (Phi) is 3.63. The molecule has 1 aromatic rings. The lowest BCUT2D eigenvalue weighted by atomic mass is 9.93. The number of carbonyl (C=O) groups excluding carboxylic acids is 1. The number of nitrogens with zero attached hydrogens (tertiary/aromatic N) is 1. The van der Waals surface area contributed by atoms with Gasteiger partial charge in [-0.2, -0.15) is 0 Å². The Balaban J connectivity index is 2.73. The largest absolute Gasteiger partial charge is 0.298 e. The molecule has 15 heavy (non-hydrogen) atoms. The van der Waals surface area contributed by atoms with Gasteiger partial charge < -0.3 is 0 Å². The number of hydrogen-bond donors (Lipinski definition) is 1. The van der Waals surface area contributed by atoms with Gasteiger partial charge in [-0.3, -0.25) is 10.1 Å². The highest BCUT2D eigenvalue weighted by molar-refractivity contribution is 7.14. The summed E-state index contributed by atoms with van der Waals surface area (Å²) in [4.78, 5) is 15.6. The lowest BCUT2D eigenvalue weighted by Crippen LogP contribution is -2.12. The molecule has 1 aromatic heterocycles. The average molecular weight is 224 g/mol. The molecule has 3 nitrogen and oxygen atoms in total. The van der Waals surface area contributed by atoms with E-state index in [4.69, 9.17) is 0 Å². The molecule has 0 aliphatic rings. The number of allylic oxidation sites excluding steroid dienone is 1. The van der Waals surface area contributed by atoms with Crippen molar-refractivity contribution in [2.45, 2.75) is 33.1 Å². The van der Waals surface area contributed by atoms with Crippen LogP contribution in [0.15, 0.2) is 17.5 Å². The first-order chi connectivity index (χ1) is 6.93. The Morgan fingerprint density at radius 3 is 2.67 bits per heavy atom. The van der Waals surface area contributed by atoms with Gasteiger partial charge in [-0.05, 0) is 13.0 Å². The highest BCUT2D eigenvalue weighted by Gasteiger charge is 2.17. The number of anilines is 1. The van der Waals surface area contributed by atoms with Gasteiger partial charge in [0.2, 0.25) is 5.91 Å². The number of rotatable bonds is 2. The summed E-state index contributed by atoms with van der Waals surface area (Å²) in [5.41, 5.74) is 1.03. The predicted molar refractivity (Wildman–Crippen MR) is 64.3 cm³/mol. The van der Waals surface area contributed by atoms with Gasteiger partial charge in [0.25, 0.3) is 0 Å². The smallest absolute Gasteiger partial charge is 0.249 e. The molecule has 0 radical (unpaired) electrons. The number of hydrogen-bond acceptors (Lipinski definition) is 3. The first-order valence-corrected chi connectivity index (χ1v) is 5.71. The third-order valence-corrected chi connectivity index (χ3v) is 2.58. The fourth-order valence-electron chi connectivity index (χ4n) is 0.974. The summed E-state index contributed by atoms with van der Waals surface area (Å²) in [6.07, 6.45) is 3.19. The summed E-state index contributed by atoms with van der Waals surface area (Å²) in [6, 6.07) is 0. The minimum Gasteiger partial charge on any atom is -0.298 e. The van der Waals surface area contributed by atoms with Crippen molar-refractivity contribution in [3.63, 3.8) is 0 Å². The molecule has 0 bridgehead atoms. The van der Waals surface area contributed by atoms with Crippen LogP contribution in [-0.2, 0) is 10.2 Å². The lowest BCUT2D eigenvalue weighted by Gasteiger charge is -2.14. The Morgan fingerprint density at radius 1 is 1.53 bits per heavy atom. The van der Waals surface area contributed by atoms with Gasteiger partial charge in [0, 0.05) is 10.8 Å². The summed E-state index contributed by atoms with van der Waals surface area (Å²) in [5, 5.41) is 5.35. The van der Waals surface area contributed by atoms with E-state index in [9.17, 15) is 4.79 Å². The van der Waals surface area contributed by atoms with Crippen molar-refractivity contribution in [3.8, 4) is 0 Å². The van der Waals surface area contributed by atoms with Crippen LogP contribution in [0.4, 0.5) is 5.13 Å². The minimum absolute atomic E-state index is 0.0279. The zero-order valence-electron chi connectivity index (χ0n) is 9.50. The molecule has 0 saturated heterocycles. The Hall–Kier alpha value is -1.16. The second-order valence-corrected chi connectivity index (χ2v) is 5.14. The Morgan fingerprint density at radius 2 is 2.20 bits per heavy atom. The number of nitrogens with one attached hydrogen (secondary N) is 1. The standard InChI is InChI=1S/C11H16N2OS/c1-5-6-9(14)13-10-12-8(7-15-10)11(2,3)4/h5-7H,1-4H3,(H,12,13,14)/b6-5+. The molecule has 1 N–H and O–H groups in total. The van der Waals surface area contributed by atoms with Crippen LogP contribution in [0.5, 0.6) is 0 Å². The van der Waals surface area contributed by atoms with E-state index >= 15 is 0 Å². The molecule has 4 heteroatoms. The molecule has 0 saturated carbocycles. The highest BCUT2D eigenvalue weighted by Crippen LogP contribution is 2.26. The molecule has 1 heterocycles. The lowest BCUT2D eigenvalue weighted by molar-refractivity contribution is -0.111. The second-order valence-electron chi connectivity index (χ2n) is 4.28. The van der Waals surface area contributed by atoms with Crippen molar-refractivity contribution in [3.05, 3.63) is 23.2 Å². The monoisotopic (exact) mass is 224 g/mol. The fourth-order valence-corrected chi connectivity index (χ4v) is 1.91. The van der Waals surface area contributed by atoms with Crippen molar-refractivity contribution >= 4 is 22.4 Å². The number of amides is 1. The van der Waals surface area contributed by atoms with E-state index in [1.807, 2.05) is 12.3 Å². The van der Waals surface area contributed by atoms with Crippen LogP contribution in [0.1, 0.15) is 33.4 Å². The maximum absolute atomic E-state index is 11.2. The van der Waals surface area contributed by atoms with Gasteiger partial charge in [0.1, 0.15) is 0 Å². The molecule has 0 aliphatic heterocycles. The van der Waals surface area contributed by atoms with Crippen LogP contribution in [0.25, 0.3) is 0 Å². The van der Waals surface area contributed by atoms with E-state index in [-0.39, 0.29) is 11.3 Å². The van der Waals surface area contributed by atoms with Crippen molar-refractivity contribution in [2.24, 2.45) is 0 Å². The Labute approximate surface area is 94.2 Å². The zero-order chi connectivity index (χ0) is 11.5. The van der Waals surface area contributed by atoms with Gasteiger partial charge in [0.05, 0.1) is 5.69 Å². The summed E-state index contributed by atoms with van der Waals surface area (Å²) >= 11 is 1.45. The number of carbonyl (C=O) groups is 1. The zero-order valence-corrected chi connectivity index (χ0v) is 10.3. The first-order valence-electron chi connectivity index (χ1n) is 4.83. The molecular weight excluding hydrogens is 208 g/mol. The van der Waals surface area contributed by atoms with Crippen molar-refractivity contribution in [1.29, 1.82) is 0 Å².